The van der Waals surface area contributed by atoms with E-state index in [-0.39, 0.29) is 25.7 Å². The molecule has 4 amide bonds. The molecule has 2 aliphatic rings. The van der Waals surface area contributed by atoms with Crippen molar-refractivity contribution in [2.24, 2.45) is 0 Å². The second-order valence-electron chi connectivity index (χ2n) is 14.2. The maximum Gasteiger partial charge on any atom is 0.326 e. The van der Waals surface area contributed by atoms with Crippen molar-refractivity contribution in [3.8, 4) is 16.9 Å². The van der Waals surface area contributed by atoms with E-state index in [1.54, 1.807) is 55.0 Å². The van der Waals surface area contributed by atoms with Crippen LogP contribution in [-0.2, 0) is 49.7 Å². The maximum absolute atomic E-state index is 14.5. The molecule has 0 saturated carbocycles. The number of nitrogens with one attached hydrogen (secondary N) is 5. The van der Waals surface area contributed by atoms with Crippen molar-refractivity contribution in [2.45, 2.75) is 49.9 Å². The summed E-state index contributed by atoms with van der Waals surface area (Å²) in [5.74, 6) is -3.54. The zero-order chi connectivity index (χ0) is 40.4. The van der Waals surface area contributed by atoms with Crippen molar-refractivity contribution in [2.75, 3.05) is 6.61 Å². The third kappa shape index (κ3) is 9.93. The summed E-state index contributed by atoms with van der Waals surface area (Å²) < 4.78 is 5.71. The van der Waals surface area contributed by atoms with E-state index < -0.39 is 60.4 Å². The Morgan fingerprint density at radius 3 is 1.91 bits per heavy atom. The summed E-state index contributed by atoms with van der Waals surface area (Å²) in [5.41, 5.74) is 5.52. The number of hydrogen-bond acceptors (Lipinski definition) is 7. The Bertz CT molecular complexity index is 2380. The van der Waals surface area contributed by atoms with E-state index in [1.807, 2.05) is 78.9 Å². The number of H-pyrrole nitrogens is 1. The van der Waals surface area contributed by atoms with Crippen LogP contribution >= 0.6 is 0 Å². The van der Waals surface area contributed by atoms with Gasteiger partial charge in [0, 0.05) is 55.2 Å². The Balaban J connectivity index is 1.24. The molecule has 294 valence electrons. The number of para-hydroxylation sites is 1. The molecule has 0 saturated heterocycles. The van der Waals surface area contributed by atoms with Gasteiger partial charge in [0.25, 0.3) is 5.91 Å². The topological polar surface area (TPSA) is 192 Å². The summed E-state index contributed by atoms with van der Waals surface area (Å²) in [5, 5.41) is 22.1. The smallest absolute Gasteiger partial charge is 0.326 e. The van der Waals surface area contributed by atoms with Crippen LogP contribution in [0.1, 0.15) is 22.3 Å². The normalized spacial score (nSPS) is 19.4. The monoisotopic (exact) mass is 778 g/mol. The van der Waals surface area contributed by atoms with E-state index >= 15 is 0 Å². The molecule has 6 N–H and O–H groups in total. The fourth-order valence-electron chi connectivity index (χ4n) is 6.96. The molecule has 2 bridgehead atoms. The molecule has 0 spiro atoms. The summed E-state index contributed by atoms with van der Waals surface area (Å²) >= 11 is 0. The number of rotatable bonds is 8. The predicted molar refractivity (Wildman–Crippen MR) is 217 cm³/mol. The number of pyridine rings is 1. The predicted octanol–water partition coefficient (Wildman–Crippen LogP) is 3.92. The molecule has 58 heavy (non-hydrogen) atoms. The quantitative estimate of drug-likeness (QED) is 0.125. The fraction of sp³-hybridized carbons (Fsp3) is 0.200. The number of nitrogens with zero attached hydrogens (tertiary/aromatic N) is 1. The highest BCUT2D eigenvalue weighted by Crippen LogP contribution is 2.22. The lowest BCUT2D eigenvalue weighted by Crippen LogP contribution is -2.59. The van der Waals surface area contributed by atoms with E-state index in [1.165, 1.54) is 0 Å². The molecule has 8 rings (SSSR count). The van der Waals surface area contributed by atoms with Crippen molar-refractivity contribution in [1.82, 2.24) is 31.2 Å². The number of benzene rings is 4. The average Bonchev–Trinajstić information content (AvgIpc) is 3.65. The van der Waals surface area contributed by atoms with Gasteiger partial charge < -0.3 is 36.1 Å². The Labute approximate surface area is 334 Å². The molecular weight excluding hydrogens is 737 g/mol. The second-order valence-corrected chi connectivity index (χ2v) is 14.2. The van der Waals surface area contributed by atoms with Crippen molar-refractivity contribution in [3.05, 3.63) is 156 Å². The van der Waals surface area contributed by atoms with Gasteiger partial charge in [-0.1, -0.05) is 84.9 Å². The van der Waals surface area contributed by atoms with Crippen LogP contribution in [0.25, 0.3) is 22.0 Å². The zero-order valence-electron chi connectivity index (χ0n) is 31.4. The molecule has 2 aromatic heterocycles. The molecule has 0 fully saturated rings. The Morgan fingerprint density at radius 1 is 0.638 bits per heavy atom. The van der Waals surface area contributed by atoms with Gasteiger partial charge >= 0.3 is 5.97 Å². The maximum atomic E-state index is 14.5. The number of ether oxygens (including phenoxy) is 1. The van der Waals surface area contributed by atoms with Gasteiger partial charge in [0.1, 0.15) is 29.9 Å². The molecule has 13 nitrogen and oxygen atoms in total. The van der Waals surface area contributed by atoms with Crippen LogP contribution in [0.4, 0.5) is 0 Å². The van der Waals surface area contributed by atoms with Crippen LogP contribution in [0.3, 0.4) is 0 Å². The minimum Gasteiger partial charge on any atom is -0.484 e. The highest BCUT2D eigenvalue weighted by molar-refractivity contribution is 5.96. The van der Waals surface area contributed by atoms with Crippen molar-refractivity contribution in [3.63, 3.8) is 0 Å². The van der Waals surface area contributed by atoms with E-state index in [0.29, 0.717) is 22.4 Å². The van der Waals surface area contributed by atoms with E-state index in [9.17, 15) is 29.1 Å². The SMILES string of the molecule is O=C1COc2ccc(cc2)C[C@H](C(=O)O)NC(=O)[C@H](Cc2c[nH]c3ccccc23)NC(=O)[C@@H](Cc2ccc(-c3ccccc3)cc2)NC(=O)[C@H](Cc2ccncc2)N1. The fourth-order valence-corrected chi connectivity index (χ4v) is 6.96. The lowest BCUT2D eigenvalue weighted by atomic mass is 9.98. The second kappa shape index (κ2) is 18.1. The number of aromatic amines is 1. The first-order valence-corrected chi connectivity index (χ1v) is 18.9. The zero-order valence-corrected chi connectivity index (χ0v) is 31.4. The summed E-state index contributed by atoms with van der Waals surface area (Å²) in [4.78, 5) is 76.0. The molecule has 0 unspecified atom stereocenters. The third-order valence-corrected chi connectivity index (χ3v) is 10.1. The number of aromatic nitrogens is 2. The first kappa shape index (κ1) is 39.0. The molecule has 13 heteroatoms. The lowest BCUT2D eigenvalue weighted by Gasteiger charge is -2.26. The van der Waals surface area contributed by atoms with E-state index in [2.05, 4.69) is 31.2 Å². The number of carbonyl (C=O) groups is 5. The largest absolute Gasteiger partial charge is 0.484 e. The summed E-state index contributed by atoms with van der Waals surface area (Å²) in [7, 11) is 0. The highest BCUT2D eigenvalue weighted by Gasteiger charge is 2.32. The van der Waals surface area contributed by atoms with Gasteiger partial charge in [-0.3, -0.25) is 24.2 Å². The number of hydrogen-bond donors (Lipinski definition) is 6. The van der Waals surface area contributed by atoms with E-state index in [0.717, 1.165) is 27.6 Å². The Morgan fingerprint density at radius 2 is 1.22 bits per heavy atom. The Hall–Kier alpha value is -7.28. The molecule has 4 aromatic carbocycles. The van der Waals surface area contributed by atoms with Gasteiger partial charge in [-0.05, 0) is 63.7 Å². The molecule has 6 aromatic rings. The number of fused-ring (bicyclic) bond motifs is 17. The van der Waals surface area contributed by atoms with Crippen molar-refractivity contribution < 1.29 is 33.8 Å². The highest BCUT2D eigenvalue weighted by atomic mass is 16.5. The molecule has 4 heterocycles. The number of carboxylic acids is 1. The first-order valence-electron chi connectivity index (χ1n) is 18.9. The Kier molecular flexibility index (Phi) is 12.2. The van der Waals surface area contributed by atoms with Crippen LogP contribution in [0.2, 0.25) is 0 Å². The number of amides is 4. The molecular formula is C45H42N6O7. The molecule has 2 aliphatic heterocycles. The third-order valence-electron chi connectivity index (χ3n) is 10.1. The van der Waals surface area contributed by atoms with Gasteiger partial charge in [-0.25, -0.2) is 4.79 Å². The lowest BCUT2D eigenvalue weighted by molar-refractivity contribution is -0.142. The van der Waals surface area contributed by atoms with Crippen LogP contribution < -0.4 is 26.0 Å². The molecule has 0 radical (unpaired) electrons. The van der Waals surface area contributed by atoms with Crippen LogP contribution in [0.5, 0.6) is 5.75 Å². The van der Waals surface area contributed by atoms with Gasteiger partial charge in [0.15, 0.2) is 6.61 Å². The summed E-state index contributed by atoms with van der Waals surface area (Å²) in [6.07, 6.45) is 4.95. The molecule has 0 aliphatic carbocycles. The number of aliphatic carboxylic acids is 1. The minimum atomic E-state index is -1.35. The van der Waals surface area contributed by atoms with Crippen LogP contribution in [0.15, 0.2) is 134 Å². The standard InChI is InChI=1S/C45H42N6O7/c52-41-27-58-34-16-12-29(13-17-34)24-40(45(56)57)51-44(55)39(25-33-26-47-36-9-5-4-8-35(33)36)50-43(54)38(49-42(53)37(48-41)23-30-18-20-46-21-19-30)22-28-10-14-32(15-11-28)31-6-2-1-3-7-31/h1-21,26,37-40,47H,22-25,27H2,(H,48,52)(H,49,53)(H,50,54)(H,51,55)(H,56,57)/t37-,38+,39-,40+/m0/s1. The summed E-state index contributed by atoms with van der Waals surface area (Å²) in [6.45, 7) is -0.416. The van der Waals surface area contributed by atoms with Gasteiger partial charge in [0.2, 0.25) is 17.7 Å². The van der Waals surface area contributed by atoms with Gasteiger partial charge in [0.05, 0.1) is 0 Å². The van der Waals surface area contributed by atoms with Crippen molar-refractivity contribution >= 4 is 40.5 Å². The minimum absolute atomic E-state index is 0.00707. The van der Waals surface area contributed by atoms with Crippen LogP contribution in [-0.4, -0.2) is 75.4 Å². The first-order chi connectivity index (χ1) is 28.2. The van der Waals surface area contributed by atoms with E-state index in [4.69, 9.17) is 4.74 Å². The summed E-state index contributed by atoms with van der Waals surface area (Å²) in [6, 6.07) is 29.8. The average molecular weight is 779 g/mol. The number of carboxylic acid groups (broad SMARTS) is 1. The van der Waals surface area contributed by atoms with Gasteiger partial charge in [-0.2, -0.15) is 0 Å². The van der Waals surface area contributed by atoms with Gasteiger partial charge in [-0.15, -0.1) is 0 Å². The van der Waals surface area contributed by atoms with Crippen molar-refractivity contribution in [1.29, 1.82) is 0 Å². The molecule has 4 atom stereocenters. The van der Waals surface area contributed by atoms with Crippen LogP contribution in [0, 0.1) is 0 Å². The number of carbonyl (C=O) groups excluding carboxylic acids is 4.